The zero-order chi connectivity index (χ0) is 16.9. The van der Waals surface area contributed by atoms with Gasteiger partial charge in [-0.05, 0) is 68.6 Å². The summed E-state index contributed by atoms with van der Waals surface area (Å²) < 4.78 is 5.44. The van der Waals surface area contributed by atoms with E-state index in [0.29, 0.717) is 5.76 Å². The SMILES string of the molecule is Cc1cc(C#CC#C/C=C\CCCCCCCC(=O)O)oc1C. The highest BCUT2D eigenvalue weighted by Crippen LogP contribution is 2.11. The van der Waals surface area contributed by atoms with E-state index in [0.717, 1.165) is 49.8 Å². The van der Waals surface area contributed by atoms with Crippen LogP contribution in [0.4, 0.5) is 0 Å². The van der Waals surface area contributed by atoms with Crippen LogP contribution < -0.4 is 0 Å². The van der Waals surface area contributed by atoms with Crippen molar-refractivity contribution in [2.45, 2.75) is 58.8 Å². The van der Waals surface area contributed by atoms with E-state index in [4.69, 9.17) is 9.52 Å². The predicted octanol–water partition coefficient (Wildman–Crippen LogP) is 4.62. The summed E-state index contributed by atoms with van der Waals surface area (Å²) in [5.74, 6) is 12.2. The third-order valence-corrected chi connectivity index (χ3v) is 3.45. The standard InChI is InChI=1S/C20H24O3/c1-17-16-19(23-18(17)2)14-12-10-8-6-4-3-5-7-9-11-13-15-20(21)22/h4,6,16H,3,5,7,9,11,13,15H2,1-2H3,(H,21,22)/b6-4-. The monoisotopic (exact) mass is 312 g/mol. The zero-order valence-corrected chi connectivity index (χ0v) is 13.9. The molecule has 0 amide bonds. The number of aryl methyl sites for hydroxylation is 2. The molecule has 0 aliphatic heterocycles. The maximum atomic E-state index is 10.3. The highest BCUT2D eigenvalue weighted by atomic mass is 16.4. The van der Waals surface area contributed by atoms with Crippen molar-refractivity contribution in [1.82, 2.24) is 0 Å². The van der Waals surface area contributed by atoms with Gasteiger partial charge in [0.2, 0.25) is 0 Å². The van der Waals surface area contributed by atoms with Crippen LogP contribution in [0.25, 0.3) is 0 Å². The molecular weight excluding hydrogens is 288 g/mol. The summed E-state index contributed by atoms with van der Waals surface area (Å²) in [6.07, 6.45) is 10.3. The minimum absolute atomic E-state index is 0.285. The second-order valence-electron chi connectivity index (χ2n) is 5.47. The number of carboxylic acids is 1. The average Bonchev–Trinajstić information content (AvgIpc) is 2.82. The third-order valence-electron chi connectivity index (χ3n) is 3.45. The first-order valence-electron chi connectivity index (χ1n) is 8.05. The predicted molar refractivity (Wildman–Crippen MR) is 91.9 cm³/mol. The lowest BCUT2D eigenvalue weighted by Crippen LogP contribution is -1.93. The first kappa shape index (κ1) is 18.7. The van der Waals surface area contributed by atoms with E-state index in [1.54, 1.807) is 0 Å². The molecule has 3 heteroatoms. The first-order valence-corrected chi connectivity index (χ1v) is 8.05. The molecule has 1 N–H and O–H groups in total. The van der Waals surface area contributed by atoms with Gasteiger partial charge in [-0.2, -0.15) is 0 Å². The minimum Gasteiger partial charge on any atom is -0.481 e. The molecule has 1 rings (SSSR count). The second kappa shape index (κ2) is 11.2. The number of unbranched alkanes of at least 4 members (excludes halogenated alkanes) is 5. The molecule has 0 aliphatic rings. The van der Waals surface area contributed by atoms with Crippen molar-refractivity contribution in [3.63, 3.8) is 0 Å². The molecule has 3 nitrogen and oxygen atoms in total. The Labute approximate surface area is 138 Å². The Morgan fingerprint density at radius 1 is 1.17 bits per heavy atom. The van der Waals surface area contributed by atoms with E-state index in [1.165, 1.54) is 0 Å². The van der Waals surface area contributed by atoms with Crippen LogP contribution in [0, 0.1) is 37.5 Å². The summed E-state index contributed by atoms with van der Waals surface area (Å²) in [6.45, 7) is 3.91. The molecule has 0 aliphatic carbocycles. The van der Waals surface area contributed by atoms with Crippen LogP contribution in [-0.2, 0) is 4.79 Å². The van der Waals surface area contributed by atoms with Crippen LogP contribution in [0.5, 0.6) is 0 Å². The van der Waals surface area contributed by atoms with E-state index in [2.05, 4.69) is 23.7 Å². The van der Waals surface area contributed by atoms with Crippen molar-refractivity contribution in [2.75, 3.05) is 0 Å². The maximum Gasteiger partial charge on any atom is 0.303 e. The van der Waals surface area contributed by atoms with Gasteiger partial charge in [0.1, 0.15) is 5.76 Å². The molecule has 0 saturated heterocycles. The van der Waals surface area contributed by atoms with Gasteiger partial charge in [-0.1, -0.05) is 31.3 Å². The van der Waals surface area contributed by atoms with Gasteiger partial charge in [-0.25, -0.2) is 0 Å². The second-order valence-corrected chi connectivity index (χ2v) is 5.47. The lowest BCUT2D eigenvalue weighted by atomic mass is 10.1. The van der Waals surface area contributed by atoms with Gasteiger partial charge in [-0.3, -0.25) is 4.79 Å². The van der Waals surface area contributed by atoms with Crippen LogP contribution in [0.3, 0.4) is 0 Å². The fraction of sp³-hybridized carbons (Fsp3) is 0.450. The van der Waals surface area contributed by atoms with Gasteiger partial charge in [0, 0.05) is 6.42 Å². The van der Waals surface area contributed by atoms with Crippen LogP contribution in [0.1, 0.15) is 62.0 Å². The van der Waals surface area contributed by atoms with Gasteiger partial charge >= 0.3 is 5.97 Å². The smallest absolute Gasteiger partial charge is 0.303 e. The molecule has 0 saturated carbocycles. The minimum atomic E-state index is -0.702. The maximum absolute atomic E-state index is 10.3. The molecule has 0 bridgehead atoms. The number of hydrogen-bond donors (Lipinski definition) is 1. The Kier molecular flexibility index (Phi) is 9.10. The van der Waals surface area contributed by atoms with Crippen LogP contribution in [0.15, 0.2) is 22.6 Å². The molecular formula is C20H24O3. The molecule has 1 aromatic rings. The normalized spacial score (nSPS) is 10.0. The van der Waals surface area contributed by atoms with E-state index < -0.39 is 5.97 Å². The summed E-state index contributed by atoms with van der Waals surface area (Å²) in [5, 5.41) is 8.52. The number of aliphatic carboxylic acids is 1. The largest absolute Gasteiger partial charge is 0.481 e. The van der Waals surface area contributed by atoms with Gasteiger partial charge < -0.3 is 9.52 Å². The summed E-state index contributed by atoms with van der Waals surface area (Å²) in [5.41, 5.74) is 1.10. The van der Waals surface area contributed by atoms with Crippen molar-refractivity contribution in [3.05, 3.63) is 35.3 Å². The summed E-state index contributed by atoms with van der Waals surface area (Å²) in [7, 11) is 0. The molecule has 122 valence electrons. The Hall–Kier alpha value is -2.39. The lowest BCUT2D eigenvalue weighted by molar-refractivity contribution is -0.137. The fourth-order valence-corrected chi connectivity index (χ4v) is 2.02. The Morgan fingerprint density at radius 3 is 2.61 bits per heavy atom. The van der Waals surface area contributed by atoms with Crippen molar-refractivity contribution < 1.29 is 14.3 Å². The number of carboxylic acid groups (broad SMARTS) is 1. The number of rotatable bonds is 8. The van der Waals surface area contributed by atoms with Gasteiger partial charge in [0.25, 0.3) is 0 Å². The topological polar surface area (TPSA) is 50.4 Å². The lowest BCUT2D eigenvalue weighted by Gasteiger charge is -1.97. The zero-order valence-electron chi connectivity index (χ0n) is 13.9. The molecule has 23 heavy (non-hydrogen) atoms. The van der Waals surface area contributed by atoms with Crippen molar-refractivity contribution in [2.24, 2.45) is 0 Å². The quantitative estimate of drug-likeness (QED) is 0.563. The third kappa shape index (κ3) is 9.27. The molecule has 0 unspecified atom stereocenters. The van der Waals surface area contributed by atoms with Crippen molar-refractivity contribution >= 4 is 5.97 Å². The van der Waals surface area contributed by atoms with E-state index in [9.17, 15) is 4.79 Å². The number of hydrogen-bond acceptors (Lipinski definition) is 2. The Bertz CT molecular complexity index is 622. The summed E-state index contributed by atoms with van der Waals surface area (Å²) in [6, 6.07) is 1.91. The first-order chi connectivity index (χ1) is 11.1. The van der Waals surface area contributed by atoms with Crippen molar-refractivity contribution in [1.29, 1.82) is 0 Å². The van der Waals surface area contributed by atoms with Crippen LogP contribution in [-0.4, -0.2) is 11.1 Å². The van der Waals surface area contributed by atoms with Crippen molar-refractivity contribution in [3.8, 4) is 23.7 Å². The fourth-order valence-electron chi connectivity index (χ4n) is 2.02. The number of carbonyl (C=O) groups is 1. The molecule has 1 heterocycles. The van der Waals surface area contributed by atoms with Gasteiger partial charge in [-0.15, -0.1) is 0 Å². The van der Waals surface area contributed by atoms with E-state index in [1.807, 2.05) is 32.1 Å². The van der Waals surface area contributed by atoms with Gasteiger partial charge in [0.05, 0.1) is 0 Å². The summed E-state index contributed by atoms with van der Waals surface area (Å²) >= 11 is 0. The number of allylic oxidation sites excluding steroid dienone is 2. The van der Waals surface area contributed by atoms with Gasteiger partial charge in [0.15, 0.2) is 5.76 Å². The Balaban J connectivity index is 2.10. The molecule has 0 radical (unpaired) electrons. The Morgan fingerprint density at radius 2 is 1.91 bits per heavy atom. The summed E-state index contributed by atoms with van der Waals surface area (Å²) in [4.78, 5) is 10.3. The molecule has 0 fully saturated rings. The van der Waals surface area contributed by atoms with E-state index in [-0.39, 0.29) is 6.42 Å². The highest BCUT2D eigenvalue weighted by molar-refractivity contribution is 5.66. The average molecular weight is 312 g/mol. The number of furan rings is 1. The molecule has 0 atom stereocenters. The molecule has 1 aromatic heterocycles. The molecule has 0 aromatic carbocycles. The van der Waals surface area contributed by atoms with Crippen LogP contribution in [0.2, 0.25) is 0 Å². The van der Waals surface area contributed by atoms with Crippen LogP contribution >= 0.6 is 0 Å². The highest BCUT2D eigenvalue weighted by Gasteiger charge is 1.98. The molecule has 0 spiro atoms. The van der Waals surface area contributed by atoms with E-state index >= 15 is 0 Å².